The highest BCUT2D eigenvalue weighted by atomic mass is 32.2. The summed E-state index contributed by atoms with van der Waals surface area (Å²) >= 11 is 0. The van der Waals surface area contributed by atoms with Gasteiger partial charge in [0.25, 0.3) is 15.9 Å². The molecule has 7 nitrogen and oxygen atoms in total. The number of carbonyl (C=O) groups is 2. The highest BCUT2D eigenvalue weighted by Gasteiger charge is 2.36. The number of anilines is 1. The Kier molecular flexibility index (Phi) is 5.13. The zero-order chi connectivity index (χ0) is 18.7. The first-order chi connectivity index (χ1) is 12.4. The van der Waals surface area contributed by atoms with E-state index >= 15 is 0 Å². The van der Waals surface area contributed by atoms with Crippen LogP contribution in [0.15, 0.2) is 41.3 Å². The van der Waals surface area contributed by atoms with Gasteiger partial charge in [-0.3, -0.25) is 13.9 Å². The number of benzene rings is 2. The number of unbranched alkanes of at least 4 members (excludes halogenated alkanes) is 1. The second-order valence-electron chi connectivity index (χ2n) is 6.01. The van der Waals surface area contributed by atoms with Gasteiger partial charge in [-0.1, -0.05) is 37.6 Å². The summed E-state index contributed by atoms with van der Waals surface area (Å²) in [7, 11) is -3.82. The fourth-order valence-electron chi connectivity index (χ4n) is 2.89. The number of rotatable bonds is 7. The molecule has 0 saturated heterocycles. The number of nitrogens with one attached hydrogen (secondary N) is 1. The van der Waals surface area contributed by atoms with Crippen LogP contribution in [0, 0.1) is 0 Å². The Morgan fingerprint density at radius 1 is 1.15 bits per heavy atom. The van der Waals surface area contributed by atoms with Gasteiger partial charge in [0.1, 0.15) is 6.54 Å². The van der Waals surface area contributed by atoms with Gasteiger partial charge in [0.05, 0.1) is 10.6 Å². The summed E-state index contributed by atoms with van der Waals surface area (Å²) in [5, 5.41) is 4.02. The van der Waals surface area contributed by atoms with Gasteiger partial charge in [0.2, 0.25) is 0 Å². The molecular weight excluding hydrogens is 356 g/mol. The summed E-state index contributed by atoms with van der Waals surface area (Å²) in [5.41, 5.74) is 0.447. The van der Waals surface area contributed by atoms with E-state index in [9.17, 15) is 18.0 Å². The average Bonchev–Trinajstić information content (AvgIpc) is 2.84. The minimum atomic E-state index is -3.82. The van der Waals surface area contributed by atoms with Crippen molar-refractivity contribution in [3.05, 3.63) is 36.4 Å². The van der Waals surface area contributed by atoms with E-state index in [0.29, 0.717) is 17.6 Å². The number of esters is 1. The average molecular weight is 376 g/mol. The standard InChI is InChI=1S/C18H20N2O5S/c1-2-3-10-19-16(21)12-25-17(22)11-20-14-8-4-6-13-7-5-9-15(18(13)14)26(20,23)24/h4-9H,2-3,10-12H2,1H3,(H,19,21). The topological polar surface area (TPSA) is 92.8 Å². The quantitative estimate of drug-likeness (QED) is 0.588. The molecule has 3 rings (SSSR count). The van der Waals surface area contributed by atoms with E-state index in [2.05, 4.69) is 5.32 Å². The van der Waals surface area contributed by atoms with Crippen molar-refractivity contribution in [1.29, 1.82) is 0 Å². The Balaban J connectivity index is 1.70. The van der Waals surface area contributed by atoms with Crippen LogP contribution in [0.4, 0.5) is 5.69 Å². The predicted octanol–water partition coefficient (Wildman–Crippen LogP) is 1.81. The number of hydrogen-bond donors (Lipinski definition) is 1. The second-order valence-corrected chi connectivity index (χ2v) is 7.84. The molecule has 1 amide bonds. The molecule has 0 atom stereocenters. The van der Waals surface area contributed by atoms with Gasteiger partial charge >= 0.3 is 5.97 Å². The molecule has 0 unspecified atom stereocenters. The molecule has 0 radical (unpaired) electrons. The minimum absolute atomic E-state index is 0.177. The SMILES string of the molecule is CCCCNC(=O)COC(=O)CN1c2cccc3cccc(c23)S1(=O)=O. The maximum Gasteiger partial charge on any atom is 0.327 e. The summed E-state index contributed by atoms with van der Waals surface area (Å²) in [4.78, 5) is 23.9. The number of sulfonamides is 1. The molecule has 8 heteroatoms. The number of nitrogens with zero attached hydrogens (tertiary/aromatic N) is 1. The molecule has 138 valence electrons. The smallest absolute Gasteiger partial charge is 0.327 e. The van der Waals surface area contributed by atoms with Crippen LogP contribution < -0.4 is 9.62 Å². The lowest BCUT2D eigenvalue weighted by Gasteiger charge is -2.17. The lowest BCUT2D eigenvalue weighted by atomic mass is 10.1. The van der Waals surface area contributed by atoms with Gasteiger partial charge in [-0.05, 0) is 23.9 Å². The molecule has 0 saturated carbocycles. The molecule has 1 heterocycles. The van der Waals surface area contributed by atoms with Crippen LogP contribution >= 0.6 is 0 Å². The summed E-state index contributed by atoms with van der Waals surface area (Å²) in [6, 6.07) is 10.2. The van der Waals surface area contributed by atoms with Crippen molar-refractivity contribution in [2.45, 2.75) is 24.7 Å². The van der Waals surface area contributed by atoms with Gasteiger partial charge in [-0.25, -0.2) is 8.42 Å². The van der Waals surface area contributed by atoms with Crippen molar-refractivity contribution in [1.82, 2.24) is 5.32 Å². The Morgan fingerprint density at radius 2 is 1.88 bits per heavy atom. The molecule has 2 aromatic carbocycles. The van der Waals surface area contributed by atoms with Gasteiger partial charge in [-0.2, -0.15) is 0 Å². The molecule has 1 aliphatic rings. The van der Waals surface area contributed by atoms with Crippen molar-refractivity contribution < 1.29 is 22.7 Å². The Hall–Kier alpha value is -2.61. The van der Waals surface area contributed by atoms with E-state index in [4.69, 9.17) is 4.74 Å². The lowest BCUT2D eigenvalue weighted by Crippen LogP contribution is -2.36. The van der Waals surface area contributed by atoms with Crippen LogP contribution in [-0.2, 0) is 24.3 Å². The van der Waals surface area contributed by atoms with Crippen LogP contribution in [0.1, 0.15) is 19.8 Å². The highest BCUT2D eigenvalue weighted by Crippen LogP contribution is 2.41. The van der Waals surface area contributed by atoms with Crippen molar-refractivity contribution in [3.63, 3.8) is 0 Å². The maximum absolute atomic E-state index is 12.8. The van der Waals surface area contributed by atoms with Crippen LogP contribution in [0.5, 0.6) is 0 Å². The van der Waals surface area contributed by atoms with E-state index in [-0.39, 0.29) is 4.90 Å². The highest BCUT2D eigenvalue weighted by molar-refractivity contribution is 7.93. The Bertz CT molecular complexity index is 950. The molecule has 1 aliphatic heterocycles. The summed E-state index contributed by atoms with van der Waals surface area (Å²) in [5.74, 6) is -1.18. The fraction of sp³-hybridized carbons (Fsp3) is 0.333. The zero-order valence-electron chi connectivity index (χ0n) is 14.4. The summed E-state index contributed by atoms with van der Waals surface area (Å²) in [6.07, 6.45) is 1.78. The fourth-order valence-corrected chi connectivity index (χ4v) is 4.55. The van der Waals surface area contributed by atoms with Crippen molar-refractivity contribution >= 4 is 38.4 Å². The predicted molar refractivity (Wildman–Crippen MR) is 97.4 cm³/mol. The third-order valence-corrected chi connectivity index (χ3v) is 5.97. The van der Waals surface area contributed by atoms with Gasteiger partial charge in [0, 0.05) is 11.9 Å². The maximum atomic E-state index is 12.8. The van der Waals surface area contributed by atoms with Crippen LogP contribution in [-0.4, -0.2) is 40.0 Å². The molecule has 0 aromatic heterocycles. The first kappa shape index (κ1) is 18.2. The Morgan fingerprint density at radius 3 is 2.62 bits per heavy atom. The Labute approximate surface area is 152 Å². The van der Waals surface area contributed by atoms with E-state index in [1.165, 1.54) is 6.07 Å². The van der Waals surface area contributed by atoms with Crippen LogP contribution in [0.3, 0.4) is 0 Å². The van der Waals surface area contributed by atoms with E-state index in [1.54, 1.807) is 18.2 Å². The molecule has 0 bridgehead atoms. The largest absolute Gasteiger partial charge is 0.454 e. The third kappa shape index (κ3) is 3.37. The van der Waals surface area contributed by atoms with Crippen LogP contribution in [0.2, 0.25) is 0 Å². The van der Waals surface area contributed by atoms with Crippen molar-refractivity contribution in [2.24, 2.45) is 0 Å². The van der Waals surface area contributed by atoms with E-state index in [1.807, 2.05) is 19.1 Å². The minimum Gasteiger partial charge on any atom is -0.454 e. The molecule has 26 heavy (non-hydrogen) atoms. The molecule has 2 aromatic rings. The molecule has 0 aliphatic carbocycles. The first-order valence-electron chi connectivity index (χ1n) is 8.42. The lowest BCUT2D eigenvalue weighted by molar-refractivity contribution is -0.147. The van der Waals surface area contributed by atoms with Crippen molar-refractivity contribution in [2.75, 3.05) is 24.0 Å². The van der Waals surface area contributed by atoms with Gasteiger partial charge in [-0.15, -0.1) is 0 Å². The first-order valence-corrected chi connectivity index (χ1v) is 9.86. The summed E-state index contributed by atoms with van der Waals surface area (Å²) < 4.78 is 31.5. The molecular formula is C18H20N2O5S. The third-order valence-electron chi connectivity index (χ3n) is 4.17. The van der Waals surface area contributed by atoms with E-state index in [0.717, 1.165) is 22.5 Å². The van der Waals surface area contributed by atoms with Gasteiger partial charge < -0.3 is 10.1 Å². The number of amides is 1. The molecule has 0 fully saturated rings. The van der Waals surface area contributed by atoms with Gasteiger partial charge in [0.15, 0.2) is 6.61 Å². The molecule has 1 N–H and O–H groups in total. The number of carbonyl (C=O) groups excluding carboxylic acids is 2. The normalized spacial score (nSPS) is 14.4. The van der Waals surface area contributed by atoms with Crippen molar-refractivity contribution in [3.8, 4) is 0 Å². The summed E-state index contributed by atoms with van der Waals surface area (Å²) in [6.45, 7) is 1.62. The number of hydrogen-bond acceptors (Lipinski definition) is 5. The monoisotopic (exact) mass is 376 g/mol. The zero-order valence-corrected chi connectivity index (χ0v) is 15.2. The van der Waals surface area contributed by atoms with Crippen LogP contribution in [0.25, 0.3) is 10.8 Å². The second kappa shape index (κ2) is 7.33. The van der Waals surface area contributed by atoms with E-state index < -0.39 is 35.1 Å². The molecule has 0 spiro atoms. The number of ether oxygens (including phenoxy) is 1.